The SMILES string of the molecule is C=C(C)[C@@H]1CC=C(CN2C[C@@H](NC(=O)c3ccc(OC)cc3OC)C[C@H]2C(=O)OC)CC1. The predicted molar refractivity (Wildman–Crippen MR) is 123 cm³/mol. The lowest BCUT2D eigenvalue weighted by molar-refractivity contribution is -0.145. The molecule has 1 aliphatic carbocycles. The van der Waals surface area contributed by atoms with E-state index in [-0.39, 0.29) is 24.0 Å². The number of amides is 1. The fraction of sp³-hybridized carbons (Fsp3) is 0.520. The zero-order valence-corrected chi connectivity index (χ0v) is 19.5. The summed E-state index contributed by atoms with van der Waals surface area (Å²) in [6, 6.07) is 4.56. The maximum Gasteiger partial charge on any atom is 0.323 e. The molecule has 0 aromatic heterocycles. The molecule has 1 fully saturated rings. The van der Waals surface area contributed by atoms with Crippen LogP contribution in [-0.2, 0) is 9.53 Å². The largest absolute Gasteiger partial charge is 0.497 e. The van der Waals surface area contributed by atoms with E-state index < -0.39 is 0 Å². The Morgan fingerprint density at radius 2 is 2.00 bits per heavy atom. The van der Waals surface area contributed by atoms with Gasteiger partial charge in [0.15, 0.2) is 0 Å². The van der Waals surface area contributed by atoms with Crippen LogP contribution < -0.4 is 14.8 Å². The van der Waals surface area contributed by atoms with Crippen LogP contribution in [0.15, 0.2) is 42.0 Å². The van der Waals surface area contributed by atoms with Gasteiger partial charge in [-0.15, -0.1) is 0 Å². The summed E-state index contributed by atoms with van der Waals surface area (Å²) in [6.07, 6.45) is 5.89. The molecule has 32 heavy (non-hydrogen) atoms. The summed E-state index contributed by atoms with van der Waals surface area (Å²) in [4.78, 5) is 27.5. The molecule has 2 aliphatic rings. The molecule has 1 saturated heterocycles. The molecule has 1 amide bonds. The van der Waals surface area contributed by atoms with Gasteiger partial charge in [-0.2, -0.15) is 0 Å². The van der Waals surface area contributed by atoms with Gasteiger partial charge in [0.05, 0.1) is 26.9 Å². The molecule has 3 atom stereocenters. The third-order valence-electron chi connectivity index (χ3n) is 6.47. The van der Waals surface area contributed by atoms with Crippen LogP contribution in [0.3, 0.4) is 0 Å². The molecule has 1 aliphatic heterocycles. The van der Waals surface area contributed by atoms with Crippen LogP contribution in [0.25, 0.3) is 0 Å². The van der Waals surface area contributed by atoms with Gasteiger partial charge in [0.25, 0.3) is 5.91 Å². The highest BCUT2D eigenvalue weighted by Crippen LogP contribution is 2.31. The summed E-state index contributed by atoms with van der Waals surface area (Å²) in [7, 11) is 4.49. The minimum atomic E-state index is -0.372. The third kappa shape index (κ3) is 5.51. The summed E-state index contributed by atoms with van der Waals surface area (Å²) in [5.74, 6) is 1.10. The fourth-order valence-corrected chi connectivity index (χ4v) is 4.55. The number of rotatable bonds is 8. The molecule has 7 nitrogen and oxygen atoms in total. The van der Waals surface area contributed by atoms with E-state index in [9.17, 15) is 9.59 Å². The highest BCUT2D eigenvalue weighted by atomic mass is 16.5. The number of nitrogens with one attached hydrogen (secondary N) is 1. The number of esters is 1. The lowest BCUT2D eigenvalue weighted by Gasteiger charge is -2.27. The lowest BCUT2D eigenvalue weighted by atomic mass is 9.85. The van der Waals surface area contributed by atoms with E-state index in [2.05, 4.69) is 29.8 Å². The Morgan fingerprint density at radius 3 is 2.59 bits per heavy atom. The van der Waals surface area contributed by atoms with Gasteiger partial charge in [0.1, 0.15) is 17.5 Å². The minimum absolute atomic E-state index is 0.161. The van der Waals surface area contributed by atoms with E-state index in [1.807, 2.05) is 0 Å². The number of ether oxygens (including phenoxy) is 3. The normalized spacial score (nSPS) is 23.2. The molecule has 1 N–H and O–H groups in total. The molecular formula is C25H34N2O5. The highest BCUT2D eigenvalue weighted by molar-refractivity contribution is 5.97. The monoisotopic (exact) mass is 442 g/mol. The van der Waals surface area contributed by atoms with Crippen molar-refractivity contribution in [2.24, 2.45) is 5.92 Å². The zero-order valence-electron chi connectivity index (χ0n) is 19.5. The number of benzene rings is 1. The van der Waals surface area contributed by atoms with Crippen LogP contribution in [0.1, 0.15) is 43.0 Å². The second kappa shape index (κ2) is 10.7. The molecular weight excluding hydrogens is 408 g/mol. The maximum absolute atomic E-state index is 12.9. The molecule has 3 rings (SSSR count). The third-order valence-corrected chi connectivity index (χ3v) is 6.47. The van der Waals surface area contributed by atoms with Crippen molar-refractivity contribution in [1.82, 2.24) is 10.2 Å². The molecule has 0 bridgehead atoms. The number of carbonyl (C=O) groups is 2. The Labute approximate surface area is 190 Å². The molecule has 1 heterocycles. The van der Waals surface area contributed by atoms with Crippen molar-refractivity contribution >= 4 is 11.9 Å². The minimum Gasteiger partial charge on any atom is -0.497 e. The highest BCUT2D eigenvalue weighted by Gasteiger charge is 2.38. The van der Waals surface area contributed by atoms with Crippen LogP contribution in [0.2, 0.25) is 0 Å². The first-order valence-corrected chi connectivity index (χ1v) is 11.0. The van der Waals surface area contributed by atoms with Gasteiger partial charge >= 0.3 is 5.97 Å². The van der Waals surface area contributed by atoms with E-state index in [0.29, 0.717) is 42.5 Å². The van der Waals surface area contributed by atoms with E-state index >= 15 is 0 Å². The van der Waals surface area contributed by atoms with Crippen molar-refractivity contribution < 1.29 is 23.8 Å². The average Bonchev–Trinajstić information content (AvgIpc) is 3.20. The van der Waals surface area contributed by atoms with Crippen molar-refractivity contribution in [2.45, 2.75) is 44.7 Å². The topological polar surface area (TPSA) is 77.1 Å². The van der Waals surface area contributed by atoms with Crippen molar-refractivity contribution in [1.29, 1.82) is 0 Å². The Balaban J connectivity index is 1.68. The molecule has 174 valence electrons. The Bertz CT molecular complexity index is 894. The molecule has 0 unspecified atom stereocenters. The van der Waals surface area contributed by atoms with Gasteiger partial charge in [0, 0.05) is 25.2 Å². The first-order valence-electron chi connectivity index (χ1n) is 11.0. The zero-order chi connectivity index (χ0) is 23.3. The summed E-state index contributed by atoms with van der Waals surface area (Å²) in [5.41, 5.74) is 2.99. The second-order valence-corrected chi connectivity index (χ2v) is 8.62. The van der Waals surface area contributed by atoms with Gasteiger partial charge in [-0.1, -0.05) is 23.8 Å². The van der Waals surface area contributed by atoms with Crippen molar-refractivity contribution in [3.63, 3.8) is 0 Å². The molecule has 1 aromatic rings. The lowest BCUT2D eigenvalue weighted by Crippen LogP contribution is -2.39. The van der Waals surface area contributed by atoms with Crippen molar-refractivity contribution in [3.05, 3.63) is 47.6 Å². The van der Waals surface area contributed by atoms with Gasteiger partial charge in [-0.05, 0) is 50.7 Å². The Morgan fingerprint density at radius 1 is 1.22 bits per heavy atom. The van der Waals surface area contributed by atoms with Gasteiger partial charge in [0.2, 0.25) is 0 Å². The van der Waals surface area contributed by atoms with Gasteiger partial charge < -0.3 is 19.5 Å². The molecule has 1 aromatic carbocycles. The predicted octanol–water partition coefficient (Wildman–Crippen LogP) is 3.35. The molecule has 0 spiro atoms. The smallest absolute Gasteiger partial charge is 0.323 e. The van der Waals surface area contributed by atoms with E-state index in [1.165, 1.54) is 25.4 Å². The Hall–Kier alpha value is -2.80. The van der Waals surface area contributed by atoms with Crippen molar-refractivity contribution in [2.75, 3.05) is 34.4 Å². The van der Waals surface area contributed by atoms with Crippen LogP contribution in [0.4, 0.5) is 0 Å². The number of nitrogens with zero attached hydrogens (tertiary/aromatic N) is 1. The Kier molecular flexibility index (Phi) is 7.96. The number of hydrogen-bond acceptors (Lipinski definition) is 6. The summed E-state index contributed by atoms with van der Waals surface area (Å²) in [6.45, 7) is 7.46. The quantitative estimate of drug-likeness (QED) is 0.492. The number of carbonyl (C=O) groups excluding carboxylic acids is 2. The number of allylic oxidation sites excluding steroid dienone is 2. The number of methoxy groups -OCH3 is 3. The van der Waals surface area contributed by atoms with E-state index in [1.54, 1.807) is 25.3 Å². The second-order valence-electron chi connectivity index (χ2n) is 8.62. The van der Waals surface area contributed by atoms with Crippen LogP contribution in [-0.4, -0.2) is 63.3 Å². The standard InChI is InChI=1S/C25H34N2O5/c1-16(2)18-8-6-17(7-9-18)14-27-15-19(12-22(27)25(29)32-5)26-24(28)21-11-10-20(30-3)13-23(21)31-4/h6,10-11,13,18-19,22H,1,7-9,12,14-15H2,2-5H3,(H,26,28)/t18-,19+,22+/m1/s1. The van der Waals surface area contributed by atoms with Crippen LogP contribution >= 0.6 is 0 Å². The van der Waals surface area contributed by atoms with E-state index in [0.717, 1.165) is 19.3 Å². The fourth-order valence-electron chi connectivity index (χ4n) is 4.55. The molecule has 0 radical (unpaired) electrons. The maximum atomic E-state index is 12.9. The van der Waals surface area contributed by atoms with Crippen LogP contribution in [0, 0.1) is 5.92 Å². The summed E-state index contributed by atoms with van der Waals surface area (Å²) < 4.78 is 15.6. The van der Waals surface area contributed by atoms with Gasteiger partial charge in [-0.3, -0.25) is 14.5 Å². The first-order chi connectivity index (χ1) is 15.4. The molecule has 7 heteroatoms. The number of likely N-dealkylation sites (tertiary alicyclic amines) is 1. The van der Waals surface area contributed by atoms with Gasteiger partial charge in [-0.25, -0.2) is 0 Å². The average molecular weight is 443 g/mol. The first kappa shape index (κ1) is 23.9. The summed E-state index contributed by atoms with van der Waals surface area (Å²) >= 11 is 0. The summed E-state index contributed by atoms with van der Waals surface area (Å²) in [5, 5.41) is 3.07. The van der Waals surface area contributed by atoms with Crippen LogP contribution in [0.5, 0.6) is 11.5 Å². The molecule has 0 saturated carbocycles. The van der Waals surface area contributed by atoms with E-state index in [4.69, 9.17) is 14.2 Å². The number of hydrogen-bond donors (Lipinski definition) is 1. The van der Waals surface area contributed by atoms with Crippen molar-refractivity contribution in [3.8, 4) is 11.5 Å².